The number of anilines is 1. The normalized spacial score (nSPS) is 10.6. The van der Waals surface area contributed by atoms with Gasteiger partial charge in [-0.2, -0.15) is 0 Å². The smallest absolute Gasteiger partial charge is 0.248 e. The number of imidazole rings is 1. The van der Waals surface area contributed by atoms with Gasteiger partial charge in [0.1, 0.15) is 0 Å². The summed E-state index contributed by atoms with van der Waals surface area (Å²) < 4.78 is 1.90. The van der Waals surface area contributed by atoms with Gasteiger partial charge in [-0.05, 0) is 29.8 Å². The molecule has 0 bridgehead atoms. The van der Waals surface area contributed by atoms with Crippen molar-refractivity contribution in [2.45, 2.75) is 18.3 Å². The molecule has 0 fully saturated rings. The predicted octanol–water partition coefficient (Wildman–Crippen LogP) is 2.25. The van der Waals surface area contributed by atoms with E-state index in [9.17, 15) is 14.7 Å². The van der Waals surface area contributed by atoms with Crippen molar-refractivity contribution in [2.75, 3.05) is 11.1 Å². The molecule has 2 amide bonds. The monoisotopic (exact) mass is 396 g/mol. The van der Waals surface area contributed by atoms with Crippen molar-refractivity contribution in [3.63, 3.8) is 0 Å². The minimum Gasteiger partial charge on any atom is -0.390 e. The topological polar surface area (TPSA) is 110 Å². The Kier molecular flexibility index (Phi) is 6.46. The molecule has 0 unspecified atom stereocenters. The van der Waals surface area contributed by atoms with Crippen LogP contribution in [0.25, 0.3) is 0 Å². The molecule has 3 aromatic rings. The Labute approximate surface area is 166 Å². The van der Waals surface area contributed by atoms with Crippen molar-refractivity contribution in [1.29, 1.82) is 0 Å². The molecule has 8 heteroatoms. The van der Waals surface area contributed by atoms with E-state index in [-0.39, 0.29) is 18.3 Å². The summed E-state index contributed by atoms with van der Waals surface area (Å²) in [6.07, 6.45) is 1.62. The number of nitrogens with two attached hydrogens (primary N) is 1. The molecular weight excluding hydrogens is 376 g/mol. The molecule has 1 aromatic heterocycles. The van der Waals surface area contributed by atoms with Gasteiger partial charge >= 0.3 is 0 Å². The fourth-order valence-corrected chi connectivity index (χ4v) is 3.41. The molecule has 0 saturated carbocycles. The summed E-state index contributed by atoms with van der Waals surface area (Å²) in [6, 6.07) is 16.2. The van der Waals surface area contributed by atoms with Crippen LogP contribution >= 0.6 is 11.8 Å². The van der Waals surface area contributed by atoms with Crippen molar-refractivity contribution in [2.24, 2.45) is 5.73 Å². The van der Waals surface area contributed by atoms with Gasteiger partial charge in [0.2, 0.25) is 11.8 Å². The van der Waals surface area contributed by atoms with Crippen molar-refractivity contribution < 1.29 is 14.7 Å². The average molecular weight is 396 g/mol. The van der Waals surface area contributed by atoms with E-state index in [0.29, 0.717) is 28.6 Å². The number of thioether (sulfide) groups is 1. The van der Waals surface area contributed by atoms with Crippen LogP contribution in [0.15, 0.2) is 66.0 Å². The Morgan fingerprint density at radius 3 is 2.46 bits per heavy atom. The van der Waals surface area contributed by atoms with Crippen molar-refractivity contribution in [3.8, 4) is 0 Å². The number of aliphatic hydroxyl groups is 1. The van der Waals surface area contributed by atoms with Gasteiger partial charge < -0.3 is 20.7 Å². The molecule has 7 nitrogen and oxygen atoms in total. The van der Waals surface area contributed by atoms with Gasteiger partial charge in [-0.25, -0.2) is 4.98 Å². The molecule has 0 aliphatic heterocycles. The molecule has 4 N–H and O–H groups in total. The molecule has 0 aliphatic carbocycles. The summed E-state index contributed by atoms with van der Waals surface area (Å²) in [4.78, 5) is 27.7. The number of nitrogens with zero attached hydrogens (tertiary/aromatic N) is 2. The number of aliphatic hydroxyl groups excluding tert-OH is 1. The molecular formula is C20H20N4O3S. The maximum atomic E-state index is 12.2. The average Bonchev–Trinajstić information content (AvgIpc) is 3.09. The summed E-state index contributed by atoms with van der Waals surface area (Å²) in [5.41, 5.74) is 7.94. The summed E-state index contributed by atoms with van der Waals surface area (Å²) in [5, 5.41) is 13.0. The highest BCUT2D eigenvalue weighted by molar-refractivity contribution is 7.99. The fraction of sp³-hybridized carbons (Fsp3) is 0.150. The van der Waals surface area contributed by atoms with Gasteiger partial charge in [0.25, 0.3) is 0 Å². The van der Waals surface area contributed by atoms with E-state index in [2.05, 4.69) is 10.3 Å². The lowest BCUT2D eigenvalue weighted by Gasteiger charge is -2.11. The lowest BCUT2D eigenvalue weighted by molar-refractivity contribution is -0.113. The molecule has 2 aromatic carbocycles. The van der Waals surface area contributed by atoms with Crippen LogP contribution in [0.3, 0.4) is 0 Å². The molecule has 3 rings (SSSR count). The highest BCUT2D eigenvalue weighted by Crippen LogP contribution is 2.21. The van der Waals surface area contributed by atoms with Gasteiger partial charge in [0, 0.05) is 17.8 Å². The Morgan fingerprint density at radius 2 is 1.82 bits per heavy atom. The number of carbonyl (C=O) groups is 2. The molecule has 144 valence electrons. The zero-order valence-corrected chi connectivity index (χ0v) is 15.9. The van der Waals surface area contributed by atoms with Gasteiger partial charge in [-0.3, -0.25) is 9.59 Å². The van der Waals surface area contributed by atoms with Crippen molar-refractivity contribution >= 4 is 29.3 Å². The lowest BCUT2D eigenvalue weighted by atomic mass is 10.2. The number of nitrogens with one attached hydrogen (secondary N) is 1. The van der Waals surface area contributed by atoms with Crippen LogP contribution in [0.5, 0.6) is 0 Å². The first-order valence-electron chi connectivity index (χ1n) is 8.58. The van der Waals surface area contributed by atoms with E-state index in [4.69, 9.17) is 5.73 Å². The quantitative estimate of drug-likeness (QED) is 0.506. The second kappa shape index (κ2) is 9.20. The SMILES string of the molecule is NC(=O)c1ccc(NC(=O)CSc2ncc(CO)n2Cc2ccccc2)cc1. The van der Waals surface area contributed by atoms with Crippen molar-refractivity contribution in [1.82, 2.24) is 9.55 Å². The molecule has 0 aliphatic rings. The third-order valence-electron chi connectivity index (χ3n) is 4.03. The third kappa shape index (κ3) is 4.99. The molecule has 28 heavy (non-hydrogen) atoms. The van der Waals surface area contributed by atoms with Crippen LogP contribution in [-0.2, 0) is 17.9 Å². The Bertz CT molecular complexity index is 955. The Morgan fingerprint density at radius 1 is 1.11 bits per heavy atom. The van der Waals surface area contributed by atoms with E-state index in [0.717, 1.165) is 5.56 Å². The molecule has 1 heterocycles. The van der Waals surface area contributed by atoms with Crippen LogP contribution in [0.4, 0.5) is 5.69 Å². The highest BCUT2D eigenvalue weighted by Gasteiger charge is 2.13. The van der Waals surface area contributed by atoms with Gasteiger partial charge in [-0.1, -0.05) is 42.1 Å². The summed E-state index contributed by atoms with van der Waals surface area (Å²) in [5.74, 6) is -0.552. The fourth-order valence-electron chi connectivity index (χ4n) is 2.61. The second-order valence-corrected chi connectivity index (χ2v) is 6.98. The van der Waals surface area contributed by atoms with Gasteiger partial charge in [0.05, 0.1) is 24.3 Å². The first-order valence-corrected chi connectivity index (χ1v) is 9.57. The van der Waals surface area contributed by atoms with E-state index in [1.807, 2.05) is 34.9 Å². The minimum absolute atomic E-state index is 0.126. The molecule has 0 spiro atoms. The Balaban J connectivity index is 1.63. The molecule has 0 saturated heterocycles. The number of primary amides is 1. The lowest BCUT2D eigenvalue weighted by Crippen LogP contribution is -2.15. The van der Waals surface area contributed by atoms with Crippen LogP contribution in [-0.4, -0.2) is 32.2 Å². The van der Waals surface area contributed by atoms with Gasteiger partial charge in [-0.15, -0.1) is 0 Å². The number of benzene rings is 2. The van der Waals surface area contributed by atoms with Gasteiger partial charge in [0.15, 0.2) is 5.16 Å². The number of hydrogen-bond acceptors (Lipinski definition) is 5. The van der Waals surface area contributed by atoms with E-state index in [1.165, 1.54) is 11.8 Å². The Hall–Kier alpha value is -3.10. The summed E-state index contributed by atoms with van der Waals surface area (Å²) in [7, 11) is 0. The summed E-state index contributed by atoms with van der Waals surface area (Å²) in [6.45, 7) is 0.439. The number of aromatic nitrogens is 2. The van der Waals surface area contributed by atoms with Crippen molar-refractivity contribution in [3.05, 3.63) is 77.6 Å². The number of amides is 2. The van der Waals surface area contributed by atoms with E-state index >= 15 is 0 Å². The third-order valence-corrected chi connectivity index (χ3v) is 5.02. The minimum atomic E-state index is -0.515. The zero-order chi connectivity index (χ0) is 19.9. The van der Waals surface area contributed by atoms with Crippen LogP contribution in [0.2, 0.25) is 0 Å². The number of carbonyl (C=O) groups excluding carboxylic acids is 2. The van der Waals surface area contributed by atoms with Crippen LogP contribution < -0.4 is 11.1 Å². The van der Waals surface area contributed by atoms with E-state index in [1.54, 1.807) is 30.5 Å². The first kappa shape index (κ1) is 19.7. The number of rotatable bonds is 8. The standard InChI is InChI=1S/C20H20N4O3S/c21-19(27)15-6-8-16(9-7-15)23-18(26)13-28-20-22-10-17(12-25)24(20)11-14-4-2-1-3-5-14/h1-10,25H,11-13H2,(H2,21,27)(H,23,26). The van der Waals surface area contributed by atoms with Crippen LogP contribution in [0, 0.1) is 0 Å². The number of hydrogen-bond donors (Lipinski definition) is 3. The molecule has 0 radical (unpaired) electrons. The largest absolute Gasteiger partial charge is 0.390 e. The summed E-state index contributed by atoms with van der Waals surface area (Å²) >= 11 is 1.29. The molecule has 0 atom stereocenters. The second-order valence-electron chi connectivity index (χ2n) is 6.04. The van der Waals surface area contributed by atoms with E-state index < -0.39 is 5.91 Å². The predicted molar refractivity (Wildman–Crippen MR) is 108 cm³/mol. The maximum Gasteiger partial charge on any atom is 0.248 e. The highest BCUT2D eigenvalue weighted by atomic mass is 32.2. The maximum absolute atomic E-state index is 12.2. The van der Waals surface area contributed by atoms with Crippen LogP contribution in [0.1, 0.15) is 21.6 Å². The first-order chi connectivity index (χ1) is 13.6. The zero-order valence-electron chi connectivity index (χ0n) is 15.0.